The second kappa shape index (κ2) is 49.7. The number of aromatic nitrogens is 8. The maximum atomic E-state index is 13.2. The van der Waals surface area contributed by atoms with E-state index in [1.807, 2.05) is 217 Å². The highest BCUT2D eigenvalue weighted by atomic mass is 32.2. The number of hydrogen-bond acceptors (Lipinski definition) is 28. The van der Waals surface area contributed by atoms with Crippen molar-refractivity contribution in [2.24, 2.45) is 17.6 Å². The largest absolute Gasteiger partial charge is 0.393 e. The van der Waals surface area contributed by atoms with E-state index < -0.39 is 0 Å². The fourth-order valence-electron chi connectivity index (χ4n) is 18.4. The van der Waals surface area contributed by atoms with E-state index in [2.05, 4.69) is 132 Å². The van der Waals surface area contributed by atoms with Gasteiger partial charge < -0.3 is 77.0 Å². The Bertz CT molecular complexity index is 7040. The fourth-order valence-corrected chi connectivity index (χ4v) is 23.6. The number of amides is 2. The molecule has 0 saturated carbocycles. The second-order valence-corrected chi connectivity index (χ2v) is 41.3. The molecule has 11 N–H and O–H groups in total. The van der Waals surface area contributed by atoms with Crippen LogP contribution in [-0.4, -0.2) is 165 Å². The summed E-state index contributed by atoms with van der Waals surface area (Å²) in [5, 5.41) is 66.7. The van der Waals surface area contributed by atoms with Crippen molar-refractivity contribution in [3.8, 4) is 0 Å². The molecule has 9 heterocycles. The third-order valence-electron chi connectivity index (χ3n) is 26.1. The molecule has 0 radical (unpaired) electrons. The molecule has 5 fully saturated rings. The van der Waals surface area contributed by atoms with Crippen molar-refractivity contribution in [1.29, 1.82) is 0 Å². The monoisotopic (exact) mass is 2000 g/mol. The molecule has 143 heavy (non-hydrogen) atoms. The van der Waals surface area contributed by atoms with Gasteiger partial charge in [-0.05, 0) is 193 Å². The third kappa shape index (κ3) is 25.7. The minimum absolute atomic E-state index is 0.00437. The number of aliphatic hydroxyl groups excluding tert-OH is 5. The Labute approximate surface area is 855 Å². The van der Waals surface area contributed by atoms with Crippen molar-refractivity contribution < 1.29 is 35.1 Å². The van der Waals surface area contributed by atoms with Gasteiger partial charge in [-0.25, -0.2) is 19.9 Å². The van der Waals surface area contributed by atoms with E-state index in [1.54, 1.807) is 47.0 Å². The molecule has 0 bridgehead atoms. The smallest absolute Gasteiger partial charge is 0.227 e. The van der Waals surface area contributed by atoms with Gasteiger partial charge in [-0.2, -0.15) is 31.7 Å². The molecule has 0 aliphatic carbocycles. The summed E-state index contributed by atoms with van der Waals surface area (Å²) in [5.74, 6) is 8.16. The van der Waals surface area contributed by atoms with Gasteiger partial charge in [0.2, 0.25) is 35.6 Å². The van der Waals surface area contributed by atoms with Crippen LogP contribution in [0, 0.1) is 11.8 Å². The summed E-state index contributed by atoms with van der Waals surface area (Å²) in [6.45, 7) is 10.7. The van der Waals surface area contributed by atoms with Crippen LogP contribution >= 0.6 is 58.8 Å². The predicted molar refractivity (Wildman–Crippen MR) is 581 cm³/mol. The van der Waals surface area contributed by atoms with E-state index in [0.717, 1.165) is 260 Å². The molecule has 5 aliphatic heterocycles. The van der Waals surface area contributed by atoms with Crippen molar-refractivity contribution in [3.63, 3.8) is 0 Å². The highest BCUT2D eigenvalue weighted by molar-refractivity contribution is 8.00. The van der Waals surface area contributed by atoms with Crippen molar-refractivity contribution in [3.05, 3.63) is 336 Å². The lowest BCUT2D eigenvalue weighted by molar-refractivity contribution is -0.134. The number of carbonyl (C=O) groups is 2. The van der Waals surface area contributed by atoms with Gasteiger partial charge in [0.25, 0.3) is 0 Å². The average Bonchev–Trinajstić information content (AvgIpc) is 1.13. The van der Waals surface area contributed by atoms with Gasteiger partial charge in [-0.15, -0.1) is 0 Å². The molecule has 16 aromatic rings. The number of anilines is 8. The van der Waals surface area contributed by atoms with Crippen LogP contribution in [0.15, 0.2) is 330 Å². The zero-order valence-electron chi connectivity index (χ0n) is 79.7. The Hall–Kier alpha value is -13.1. The van der Waals surface area contributed by atoms with Crippen LogP contribution in [0.25, 0.3) is 43.6 Å². The fraction of sp³-hybridized carbons (Fsp3) is 0.274. The van der Waals surface area contributed by atoms with E-state index >= 15 is 0 Å². The first-order valence-electron chi connectivity index (χ1n) is 49.0. The standard InChI is InChI=1S/C32H35N5O2S.C28H29N5O2S.C27H28N4O2S.C26H26N4OS2/c38-22-25-11-2-6-16-29(25)40-28-15-5-1-10-23(28)20-33-32-34-27-14-4-3-13-26(27)30(35-32)37-19-9-12-24(21-37)31(39)36-17-7-8-18-36;29-26(35)20-10-7-15-33(17-20)27-22-11-3-4-12-23(22)31-28(32-27)30-16-19-8-1-5-13-24(19)36-25-14-6-2-9-21(25)18-34;32-18-20-8-2-6-12-25(20)34-24-11-5-1-7-19(24)17-28-27-29-23-10-4-3-9-22(23)26(30-27)31-15-13-21(33)14-16-31;31-18-20-8-2-6-12-24(20)33-23-11-5-1-7-19(23)17-27-26-28-22-10-4-3-9-21(22)25(29-26)30-13-15-32-16-14-30/h1-6,10-11,13-16,24,38H,7-9,12,17-22H2,(H,33,34,35);1-6,8-9,11-14,20,34H,7,10,15-18H2,(H2,29,35)(H,30,31,32);1-12,21,32-33H,13-18H2,(H,28,29,30);1-12,31H,13-18H2,(H,27,28,29). The molecule has 5 aliphatic rings. The van der Waals surface area contributed by atoms with Crippen molar-refractivity contribution in [2.75, 3.05) is 118 Å². The van der Waals surface area contributed by atoms with Crippen molar-refractivity contribution in [2.45, 2.75) is 149 Å². The molecule has 732 valence electrons. The third-order valence-corrected chi connectivity index (χ3v) is 32.0. The van der Waals surface area contributed by atoms with Gasteiger partial charge in [0, 0.05) is 164 Å². The topological polar surface area (TPSA) is 329 Å². The second-order valence-electron chi connectivity index (χ2n) is 35.7. The zero-order valence-corrected chi connectivity index (χ0v) is 83.8. The summed E-state index contributed by atoms with van der Waals surface area (Å²) < 4.78 is 0. The highest BCUT2D eigenvalue weighted by Crippen LogP contribution is 2.42. The first-order valence-corrected chi connectivity index (χ1v) is 53.4. The number of nitrogens with one attached hydrogen (secondary N) is 4. The molecular weight excluding hydrogens is 1880 g/mol. The molecule has 2 atom stereocenters. The predicted octanol–water partition coefficient (Wildman–Crippen LogP) is 20.6. The molecule has 5 saturated heterocycles. The maximum Gasteiger partial charge on any atom is 0.227 e. The van der Waals surface area contributed by atoms with Crippen LogP contribution < -0.4 is 46.6 Å². The Balaban J connectivity index is 0.000000126. The van der Waals surface area contributed by atoms with Gasteiger partial charge in [0.05, 0.1) is 66.4 Å². The minimum Gasteiger partial charge on any atom is -0.393 e. The lowest BCUT2D eigenvalue weighted by Crippen LogP contribution is -2.44. The maximum absolute atomic E-state index is 13.2. The summed E-state index contributed by atoms with van der Waals surface area (Å²) >= 11 is 8.63. The number of likely N-dealkylation sites (tertiary alicyclic amines) is 1. The number of nitrogens with zero attached hydrogens (tertiary/aromatic N) is 13. The minimum atomic E-state index is -0.256. The van der Waals surface area contributed by atoms with Gasteiger partial charge in [0.15, 0.2) is 0 Å². The van der Waals surface area contributed by atoms with Gasteiger partial charge in [0.1, 0.15) is 23.3 Å². The molecule has 0 spiro atoms. The van der Waals surface area contributed by atoms with E-state index in [9.17, 15) is 35.1 Å². The quantitative estimate of drug-likeness (QED) is 0.0200. The Kier molecular flexibility index (Phi) is 34.8. The molecule has 2 unspecified atom stereocenters. The molecule has 4 aromatic heterocycles. The van der Waals surface area contributed by atoms with Crippen LogP contribution in [0.1, 0.15) is 95.9 Å². The lowest BCUT2D eigenvalue weighted by atomic mass is 9.96. The molecule has 25 nitrogen and oxygen atoms in total. The number of primary amides is 1. The van der Waals surface area contributed by atoms with Crippen LogP contribution in [0.2, 0.25) is 0 Å². The Morgan fingerprint density at radius 1 is 0.301 bits per heavy atom. The molecule has 21 rings (SSSR count). The molecule has 30 heteroatoms. The van der Waals surface area contributed by atoms with Crippen LogP contribution in [0.4, 0.5) is 47.1 Å². The first kappa shape index (κ1) is 100. The SMILES string of the molecule is NC(=O)C1CCCN(c2nc(NCc3ccccc3Sc3ccccc3CO)nc3ccccc23)C1.O=C(C1CCCN(c2nc(NCc3ccccc3Sc3ccccc3CO)nc3ccccc23)C1)N1CCCC1.OCc1ccccc1Sc1ccccc1CNc1nc(N2CCC(O)CC2)c2ccccc2n1.OCc1ccccc1Sc1ccccc1CNc1nc(N2CCSCC2)c2ccccc2n1. The van der Waals surface area contributed by atoms with E-state index in [4.69, 9.17) is 45.6 Å². The van der Waals surface area contributed by atoms with Gasteiger partial charge >= 0.3 is 0 Å². The Morgan fingerprint density at radius 3 is 0.867 bits per heavy atom. The van der Waals surface area contributed by atoms with E-state index in [1.165, 1.54) is 5.56 Å². The molecular formula is C113H118N18O7S5. The number of carbonyl (C=O) groups excluding carboxylic acids is 2. The number of hydrogen-bond donors (Lipinski definition) is 10. The highest BCUT2D eigenvalue weighted by Gasteiger charge is 2.34. The van der Waals surface area contributed by atoms with Crippen molar-refractivity contribution in [1.82, 2.24) is 44.8 Å². The number of piperidine rings is 3. The summed E-state index contributed by atoms with van der Waals surface area (Å²) in [6, 6.07) is 97.2. The van der Waals surface area contributed by atoms with Crippen LogP contribution in [0.5, 0.6) is 0 Å². The number of benzene rings is 12. The van der Waals surface area contributed by atoms with Crippen molar-refractivity contribution >= 4 is 161 Å². The lowest BCUT2D eigenvalue weighted by Gasteiger charge is -2.35. The molecule has 12 aromatic carbocycles. The van der Waals surface area contributed by atoms with Gasteiger partial charge in [-0.3, -0.25) is 9.59 Å². The summed E-state index contributed by atoms with van der Waals surface area (Å²) in [7, 11) is 0. The van der Waals surface area contributed by atoms with E-state index in [-0.39, 0.29) is 50.3 Å². The first-order chi connectivity index (χ1) is 70.3. The van der Waals surface area contributed by atoms with Crippen LogP contribution in [-0.2, 0) is 62.2 Å². The molecule has 2 amide bonds. The summed E-state index contributed by atoms with van der Waals surface area (Å²) in [4.78, 5) is 83.8. The summed E-state index contributed by atoms with van der Waals surface area (Å²) in [6.07, 6.45) is 7.13. The number of thioether (sulfide) groups is 1. The van der Waals surface area contributed by atoms with E-state index in [0.29, 0.717) is 69.0 Å². The number of rotatable bonds is 30. The number of nitrogens with two attached hydrogens (primary N) is 1. The van der Waals surface area contributed by atoms with Gasteiger partial charge in [-0.1, -0.05) is 241 Å². The van der Waals surface area contributed by atoms with Crippen LogP contribution in [0.3, 0.4) is 0 Å². The Morgan fingerprint density at radius 2 is 0.559 bits per heavy atom. The number of fused-ring (bicyclic) bond motifs is 4. The normalized spacial score (nSPS) is 15.5. The number of aliphatic hydroxyl groups is 5. The number of para-hydroxylation sites is 4. The summed E-state index contributed by atoms with van der Waals surface area (Å²) in [5.41, 5.74) is 17.5. The zero-order chi connectivity index (χ0) is 98.0. The average molecular weight is 2000 g/mol.